The minimum Gasteiger partial charge on any atom is -0.460 e. The number of pyridine rings is 2. The van der Waals surface area contributed by atoms with E-state index < -0.39 is 0 Å². The zero-order chi connectivity index (χ0) is 14.4. The van der Waals surface area contributed by atoms with Crippen LogP contribution in [0, 0.1) is 13.8 Å². The molecule has 3 heterocycles. The Hall–Kier alpha value is -2.16. The third-order valence-corrected chi connectivity index (χ3v) is 4.51. The van der Waals surface area contributed by atoms with E-state index >= 15 is 0 Å². The van der Waals surface area contributed by atoms with E-state index in [1.807, 2.05) is 18.6 Å². The minimum atomic E-state index is 0.947. The van der Waals surface area contributed by atoms with E-state index in [2.05, 4.69) is 29.9 Å². The van der Waals surface area contributed by atoms with Crippen LogP contribution in [0.15, 0.2) is 29.1 Å². The summed E-state index contributed by atoms with van der Waals surface area (Å²) in [5, 5.41) is 1.17. The van der Waals surface area contributed by atoms with Gasteiger partial charge >= 0.3 is 0 Å². The summed E-state index contributed by atoms with van der Waals surface area (Å²) in [6.07, 6.45) is 10.3. The van der Waals surface area contributed by atoms with Gasteiger partial charge in [-0.2, -0.15) is 0 Å². The molecule has 0 atom stereocenters. The van der Waals surface area contributed by atoms with Crippen molar-refractivity contribution in [1.82, 2.24) is 9.97 Å². The van der Waals surface area contributed by atoms with Crippen molar-refractivity contribution in [2.45, 2.75) is 39.5 Å². The first-order valence-electron chi connectivity index (χ1n) is 7.56. The largest absolute Gasteiger partial charge is 0.460 e. The minimum absolute atomic E-state index is 0.947. The maximum atomic E-state index is 6.17. The van der Waals surface area contributed by atoms with Crippen LogP contribution in [0.5, 0.6) is 0 Å². The van der Waals surface area contributed by atoms with Crippen LogP contribution in [0.3, 0.4) is 0 Å². The Balaban J connectivity index is 1.96. The lowest BCUT2D eigenvalue weighted by molar-refractivity contribution is 0.506. The Morgan fingerprint density at radius 1 is 1.00 bits per heavy atom. The SMILES string of the molecule is Cc1cnc(-c2cncc3c4c(oc23)CCCC4)cc1C. The van der Waals surface area contributed by atoms with Crippen molar-refractivity contribution >= 4 is 11.0 Å². The van der Waals surface area contributed by atoms with Crippen molar-refractivity contribution in [3.63, 3.8) is 0 Å². The molecule has 0 radical (unpaired) electrons. The highest BCUT2D eigenvalue weighted by Crippen LogP contribution is 2.36. The van der Waals surface area contributed by atoms with Gasteiger partial charge in [-0.3, -0.25) is 9.97 Å². The molecule has 0 saturated carbocycles. The molecular formula is C18H18N2O. The van der Waals surface area contributed by atoms with E-state index in [0.29, 0.717) is 0 Å². The summed E-state index contributed by atoms with van der Waals surface area (Å²) in [7, 11) is 0. The van der Waals surface area contributed by atoms with Crippen molar-refractivity contribution in [3.05, 3.63) is 47.1 Å². The van der Waals surface area contributed by atoms with Crippen LogP contribution in [0.25, 0.3) is 22.2 Å². The van der Waals surface area contributed by atoms with Gasteiger partial charge in [0.15, 0.2) is 0 Å². The quantitative estimate of drug-likeness (QED) is 0.663. The van der Waals surface area contributed by atoms with Crippen LogP contribution >= 0.6 is 0 Å². The normalized spacial score (nSPS) is 14.4. The van der Waals surface area contributed by atoms with Crippen LogP contribution in [0.1, 0.15) is 35.3 Å². The Kier molecular flexibility index (Phi) is 2.81. The molecule has 3 aromatic heterocycles. The van der Waals surface area contributed by atoms with Crippen molar-refractivity contribution in [2.75, 3.05) is 0 Å². The second-order valence-electron chi connectivity index (χ2n) is 5.93. The Labute approximate surface area is 124 Å². The first-order chi connectivity index (χ1) is 10.2. The van der Waals surface area contributed by atoms with Gasteiger partial charge in [-0.1, -0.05) is 0 Å². The second kappa shape index (κ2) is 4.69. The molecule has 0 bridgehead atoms. The van der Waals surface area contributed by atoms with Gasteiger partial charge in [0.05, 0.1) is 11.3 Å². The molecule has 3 nitrogen and oxygen atoms in total. The molecule has 0 unspecified atom stereocenters. The molecule has 0 aliphatic heterocycles. The maximum Gasteiger partial charge on any atom is 0.147 e. The maximum absolute atomic E-state index is 6.17. The second-order valence-corrected chi connectivity index (χ2v) is 5.93. The highest BCUT2D eigenvalue weighted by Gasteiger charge is 2.20. The predicted molar refractivity (Wildman–Crippen MR) is 83.4 cm³/mol. The fraction of sp³-hybridized carbons (Fsp3) is 0.333. The van der Waals surface area contributed by atoms with Gasteiger partial charge in [-0.05, 0) is 50.3 Å². The number of rotatable bonds is 1. The fourth-order valence-electron chi connectivity index (χ4n) is 3.13. The van der Waals surface area contributed by atoms with Gasteiger partial charge in [0.25, 0.3) is 0 Å². The lowest BCUT2D eigenvalue weighted by Crippen LogP contribution is -1.98. The first kappa shape index (κ1) is 12.6. The Morgan fingerprint density at radius 3 is 2.71 bits per heavy atom. The first-order valence-corrected chi connectivity index (χ1v) is 7.56. The summed E-state index contributed by atoms with van der Waals surface area (Å²) in [6, 6.07) is 2.12. The van der Waals surface area contributed by atoms with Gasteiger partial charge in [-0.25, -0.2) is 0 Å². The van der Waals surface area contributed by atoms with Gasteiger partial charge in [-0.15, -0.1) is 0 Å². The highest BCUT2D eigenvalue weighted by atomic mass is 16.3. The molecule has 21 heavy (non-hydrogen) atoms. The average Bonchev–Trinajstić information content (AvgIpc) is 2.89. The monoisotopic (exact) mass is 278 g/mol. The highest BCUT2D eigenvalue weighted by molar-refractivity contribution is 5.93. The third-order valence-electron chi connectivity index (χ3n) is 4.51. The Morgan fingerprint density at radius 2 is 1.86 bits per heavy atom. The molecule has 3 aromatic rings. The molecule has 3 heteroatoms. The van der Waals surface area contributed by atoms with Crippen LogP contribution in [0.2, 0.25) is 0 Å². The van der Waals surface area contributed by atoms with Crippen LogP contribution in [0.4, 0.5) is 0 Å². The molecule has 4 rings (SSSR count). The lowest BCUT2D eigenvalue weighted by Gasteiger charge is -2.08. The summed E-state index contributed by atoms with van der Waals surface area (Å²) in [4.78, 5) is 8.99. The van der Waals surface area contributed by atoms with E-state index in [4.69, 9.17) is 4.42 Å². The average molecular weight is 278 g/mol. The van der Waals surface area contributed by atoms with Crippen molar-refractivity contribution in [3.8, 4) is 11.3 Å². The summed E-state index contributed by atoms with van der Waals surface area (Å²) in [5.74, 6) is 1.15. The number of fused-ring (bicyclic) bond motifs is 3. The topological polar surface area (TPSA) is 38.9 Å². The molecule has 0 aromatic carbocycles. The molecule has 0 spiro atoms. The molecule has 106 valence electrons. The number of hydrogen-bond donors (Lipinski definition) is 0. The standard InChI is InChI=1S/C18H18N2O/c1-11-7-16(20-8-12(11)2)15-10-19-9-14-13-5-3-4-6-17(13)21-18(14)15/h7-10H,3-6H2,1-2H3. The molecule has 1 aliphatic rings. The van der Waals surface area contributed by atoms with Gasteiger partial charge < -0.3 is 4.42 Å². The lowest BCUT2D eigenvalue weighted by atomic mass is 9.96. The summed E-state index contributed by atoms with van der Waals surface area (Å²) in [6.45, 7) is 4.19. The predicted octanol–water partition coefficient (Wildman–Crippen LogP) is 4.39. The molecule has 1 aliphatic carbocycles. The van der Waals surface area contributed by atoms with Gasteiger partial charge in [0, 0.05) is 36.0 Å². The smallest absolute Gasteiger partial charge is 0.147 e. The number of nitrogens with zero attached hydrogens (tertiary/aromatic N) is 2. The van der Waals surface area contributed by atoms with Crippen molar-refractivity contribution in [2.24, 2.45) is 0 Å². The van der Waals surface area contributed by atoms with E-state index in [0.717, 1.165) is 35.4 Å². The molecule has 0 fully saturated rings. The van der Waals surface area contributed by atoms with Crippen molar-refractivity contribution in [1.29, 1.82) is 0 Å². The van der Waals surface area contributed by atoms with E-state index in [-0.39, 0.29) is 0 Å². The molecule has 0 amide bonds. The number of aryl methyl sites for hydroxylation is 4. The van der Waals surface area contributed by atoms with E-state index in [1.165, 1.54) is 34.9 Å². The van der Waals surface area contributed by atoms with Crippen molar-refractivity contribution < 1.29 is 4.42 Å². The van der Waals surface area contributed by atoms with E-state index in [9.17, 15) is 0 Å². The zero-order valence-corrected chi connectivity index (χ0v) is 12.4. The zero-order valence-electron chi connectivity index (χ0n) is 12.4. The molecule has 0 N–H and O–H groups in total. The molecule has 0 saturated heterocycles. The summed E-state index contributed by atoms with van der Waals surface area (Å²) < 4.78 is 6.17. The van der Waals surface area contributed by atoms with Crippen LogP contribution < -0.4 is 0 Å². The number of aromatic nitrogens is 2. The third kappa shape index (κ3) is 1.96. The Bertz CT molecular complexity index is 833. The van der Waals surface area contributed by atoms with Crippen LogP contribution in [-0.4, -0.2) is 9.97 Å². The van der Waals surface area contributed by atoms with Crippen LogP contribution in [-0.2, 0) is 12.8 Å². The number of furan rings is 1. The molecular weight excluding hydrogens is 260 g/mol. The van der Waals surface area contributed by atoms with Gasteiger partial charge in [0.1, 0.15) is 11.3 Å². The fourth-order valence-corrected chi connectivity index (χ4v) is 3.13. The summed E-state index contributed by atoms with van der Waals surface area (Å²) >= 11 is 0. The van der Waals surface area contributed by atoms with E-state index in [1.54, 1.807) is 0 Å². The van der Waals surface area contributed by atoms with Gasteiger partial charge in [0.2, 0.25) is 0 Å². The number of hydrogen-bond acceptors (Lipinski definition) is 3. The summed E-state index contributed by atoms with van der Waals surface area (Å²) in [5.41, 5.74) is 6.71.